The van der Waals surface area contributed by atoms with Gasteiger partial charge in [-0.25, -0.2) is 0 Å². The van der Waals surface area contributed by atoms with Crippen LogP contribution in [0.5, 0.6) is 0 Å². The second-order valence-corrected chi connectivity index (χ2v) is 5.77. The van der Waals surface area contributed by atoms with Crippen LogP contribution in [-0.4, -0.2) is 57.4 Å². The van der Waals surface area contributed by atoms with E-state index in [1.165, 1.54) is 0 Å². The predicted molar refractivity (Wildman–Crippen MR) is 92.7 cm³/mol. The molecular formula is C17H32N2O6. The molecule has 1 amide bonds. The smallest absolute Gasteiger partial charge is 0.306 e. The summed E-state index contributed by atoms with van der Waals surface area (Å²) in [5, 5.41) is 2.56. The zero-order valence-electron chi connectivity index (χ0n) is 15.4. The molecule has 3 N–H and O–H groups in total. The Morgan fingerprint density at radius 3 is 2.24 bits per heavy atom. The average molecular weight is 360 g/mol. The summed E-state index contributed by atoms with van der Waals surface area (Å²) in [4.78, 5) is 34.2. The molecule has 0 spiro atoms. The summed E-state index contributed by atoms with van der Waals surface area (Å²) in [6.45, 7) is 6.18. The molecule has 0 aromatic rings. The van der Waals surface area contributed by atoms with E-state index in [2.05, 4.69) is 19.2 Å². The van der Waals surface area contributed by atoms with Crippen molar-refractivity contribution in [3.63, 3.8) is 0 Å². The van der Waals surface area contributed by atoms with Crippen LogP contribution in [0.4, 0.5) is 0 Å². The highest BCUT2D eigenvalue weighted by atomic mass is 16.6. The van der Waals surface area contributed by atoms with Crippen molar-refractivity contribution in [3.05, 3.63) is 0 Å². The fraction of sp³-hybridized carbons (Fsp3) is 0.824. The lowest BCUT2D eigenvalue weighted by Gasteiger charge is -2.09. The standard InChI is InChI=1S/C17H32N2O6/c1-3-14(2)13-23-10-4-5-16(21)24-11-12-25-17(22)7-6-15(20)19-9-8-18/h14H,3-13,18H2,1-2H3,(H,19,20). The minimum atomic E-state index is -0.502. The quantitative estimate of drug-likeness (QED) is 0.327. The van der Waals surface area contributed by atoms with Gasteiger partial charge in [-0.1, -0.05) is 20.3 Å². The topological polar surface area (TPSA) is 117 Å². The van der Waals surface area contributed by atoms with Gasteiger partial charge >= 0.3 is 11.9 Å². The molecule has 1 atom stereocenters. The van der Waals surface area contributed by atoms with Crippen LogP contribution < -0.4 is 11.1 Å². The Hall–Kier alpha value is -1.67. The largest absolute Gasteiger partial charge is 0.462 e. The lowest BCUT2D eigenvalue weighted by Crippen LogP contribution is -2.29. The Kier molecular flexibility index (Phi) is 14.8. The molecule has 0 bridgehead atoms. The van der Waals surface area contributed by atoms with Crippen LogP contribution in [0, 0.1) is 5.92 Å². The molecular weight excluding hydrogens is 328 g/mol. The van der Waals surface area contributed by atoms with E-state index >= 15 is 0 Å². The van der Waals surface area contributed by atoms with Gasteiger partial charge in [0.05, 0.1) is 6.42 Å². The van der Waals surface area contributed by atoms with Crippen molar-refractivity contribution in [1.29, 1.82) is 0 Å². The average Bonchev–Trinajstić information content (AvgIpc) is 2.61. The third-order valence-corrected chi connectivity index (χ3v) is 3.40. The molecule has 8 heteroatoms. The number of hydrogen-bond donors (Lipinski definition) is 2. The maximum atomic E-state index is 11.5. The van der Waals surface area contributed by atoms with Crippen LogP contribution >= 0.6 is 0 Å². The van der Waals surface area contributed by atoms with E-state index in [0.717, 1.165) is 6.42 Å². The van der Waals surface area contributed by atoms with Crippen LogP contribution in [0.25, 0.3) is 0 Å². The molecule has 0 aliphatic carbocycles. The fourth-order valence-corrected chi connectivity index (χ4v) is 1.69. The molecule has 0 aromatic carbocycles. The van der Waals surface area contributed by atoms with Crippen LogP contribution in [0.15, 0.2) is 0 Å². The molecule has 25 heavy (non-hydrogen) atoms. The van der Waals surface area contributed by atoms with Crippen molar-refractivity contribution in [1.82, 2.24) is 5.32 Å². The van der Waals surface area contributed by atoms with E-state index in [-0.39, 0.29) is 44.4 Å². The molecule has 0 heterocycles. The monoisotopic (exact) mass is 360 g/mol. The predicted octanol–water partition coefficient (Wildman–Crippen LogP) is 0.771. The molecule has 1 unspecified atom stereocenters. The van der Waals surface area contributed by atoms with Gasteiger partial charge in [-0.3, -0.25) is 14.4 Å². The first-order valence-corrected chi connectivity index (χ1v) is 8.85. The molecule has 0 aliphatic rings. The SMILES string of the molecule is CCC(C)COCCCC(=O)OCCOC(=O)CCC(=O)NCCN. The Morgan fingerprint density at radius 2 is 1.64 bits per heavy atom. The number of nitrogens with two attached hydrogens (primary N) is 1. The van der Waals surface area contributed by atoms with Gasteiger partial charge < -0.3 is 25.3 Å². The molecule has 8 nitrogen and oxygen atoms in total. The molecule has 146 valence electrons. The van der Waals surface area contributed by atoms with Crippen molar-refractivity contribution in [2.45, 2.75) is 46.0 Å². The van der Waals surface area contributed by atoms with E-state index < -0.39 is 5.97 Å². The van der Waals surface area contributed by atoms with Gasteiger partial charge in [0.25, 0.3) is 0 Å². The number of rotatable bonds is 15. The highest BCUT2D eigenvalue weighted by Gasteiger charge is 2.08. The van der Waals surface area contributed by atoms with Crippen molar-refractivity contribution in [3.8, 4) is 0 Å². The zero-order chi connectivity index (χ0) is 18.9. The summed E-state index contributed by atoms with van der Waals surface area (Å²) in [5.74, 6) is -0.570. The number of esters is 2. The van der Waals surface area contributed by atoms with Gasteiger partial charge in [0.2, 0.25) is 5.91 Å². The van der Waals surface area contributed by atoms with Gasteiger partial charge in [0.15, 0.2) is 0 Å². The number of carbonyl (C=O) groups excluding carboxylic acids is 3. The van der Waals surface area contributed by atoms with E-state index in [9.17, 15) is 14.4 Å². The summed E-state index contributed by atoms with van der Waals surface area (Å²) in [5.41, 5.74) is 5.25. The van der Waals surface area contributed by atoms with Crippen molar-refractivity contribution < 1.29 is 28.6 Å². The third kappa shape index (κ3) is 15.6. The second kappa shape index (κ2) is 15.8. The van der Waals surface area contributed by atoms with Crippen molar-refractivity contribution in [2.75, 3.05) is 39.5 Å². The Labute approximate surface area is 149 Å². The van der Waals surface area contributed by atoms with Crippen molar-refractivity contribution >= 4 is 17.8 Å². The highest BCUT2D eigenvalue weighted by Crippen LogP contribution is 2.02. The molecule has 0 fully saturated rings. The van der Waals surface area contributed by atoms with Crippen LogP contribution in [0.1, 0.15) is 46.0 Å². The normalized spacial score (nSPS) is 11.6. The lowest BCUT2D eigenvalue weighted by molar-refractivity contribution is -0.152. The molecule has 0 aliphatic heterocycles. The van der Waals surface area contributed by atoms with Gasteiger partial charge in [-0.05, 0) is 12.3 Å². The number of carbonyl (C=O) groups is 3. The molecule has 0 rings (SSSR count). The fourth-order valence-electron chi connectivity index (χ4n) is 1.69. The summed E-state index contributed by atoms with van der Waals surface area (Å²) in [6.07, 6.45) is 1.98. The zero-order valence-corrected chi connectivity index (χ0v) is 15.4. The van der Waals surface area contributed by atoms with Gasteiger partial charge in [-0.2, -0.15) is 0 Å². The second-order valence-electron chi connectivity index (χ2n) is 5.77. The lowest BCUT2D eigenvalue weighted by atomic mass is 10.1. The first kappa shape index (κ1) is 23.3. The minimum absolute atomic E-state index is 0.0116. The first-order valence-electron chi connectivity index (χ1n) is 8.85. The Bertz CT molecular complexity index is 389. The van der Waals surface area contributed by atoms with E-state index in [1.54, 1.807) is 0 Å². The summed E-state index contributed by atoms with van der Waals surface area (Å²) in [7, 11) is 0. The summed E-state index contributed by atoms with van der Waals surface area (Å²) in [6, 6.07) is 0. The summed E-state index contributed by atoms with van der Waals surface area (Å²) < 4.78 is 15.3. The Balaban J connectivity index is 3.49. The maximum absolute atomic E-state index is 11.5. The number of amides is 1. The van der Waals surface area contributed by atoms with E-state index in [1.807, 2.05) is 0 Å². The van der Waals surface area contributed by atoms with Crippen LogP contribution in [-0.2, 0) is 28.6 Å². The van der Waals surface area contributed by atoms with Gasteiger partial charge in [0.1, 0.15) is 13.2 Å². The number of nitrogens with one attached hydrogen (secondary N) is 1. The third-order valence-electron chi connectivity index (χ3n) is 3.40. The molecule has 0 radical (unpaired) electrons. The van der Waals surface area contributed by atoms with E-state index in [4.69, 9.17) is 19.9 Å². The molecule has 0 aromatic heterocycles. The Morgan fingerprint density at radius 1 is 1.00 bits per heavy atom. The highest BCUT2D eigenvalue weighted by molar-refractivity contribution is 5.81. The van der Waals surface area contributed by atoms with Gasteiger partial charge in [-0.15, -0.1) is 0 Å². The van der Waals surface area contributed by atoms with E-state index in [0.29, 0.717) is 38.6 Å². The first-order chi connectivity index (χ1) is 12.0. The van der Waals surface area contributed by atoms with Crippen molar-refractivity contribution in [2.24, 2.45) is 11.7 Å². The van der Waals surface area contributed by atoms with Crippen LogP contribution in [0.3, 0.4) is 0 Å². The number of hydrogen-bond acceptors (Lipinski definition) is 7. The molecule has 0 saturated heterocycles. The van der Waals surface area contributed by atoms with Gasteiger partial charge in [0, 0.05) is 39.1 Å². The number of ether oxygens (including phenoxy) is 3. The summed E-state index contributed by atoms with van der Waals surface area (Å²) >= 11 is 0. The van der Waals surface area contributed by atoms with Crippen LogP contribution in [0.2, 0.25) is 0 Å². The molecule has 0 saturated carbocycles. The minimum Gasteiger partial charge on any atom is -0.462 e. The maximum Gasteiger partial charge on any atom is 0.306 e.